The van der Waals surface area contributed by atoms with E-state index in [0.29, 0.717) is 13.0 Å². The van der Waals surface area contributed by atoms with Gasteiger partial charge in [0.15, 0.2) is 0 Å². The van der Waals surface area contributed by atoms with Crippen LogP contribution < -0.4 is 11.1 Å². The maximum atomic E-state index is 11.5. The van der Waals surface area contributed by atoms with Gasteiger partial charge in [-0.15, -0.1) is 0 Å². The lowest BCUT2D eigenvalue weighted by atomic mass is 10.1. The van der Waals surface area contributed by atoms with E-state index in [4.69, 9.17) is 5.73 Å². The number of unbranched alkanes of at least 4 members (excludes halogenated alkanes) is 3. The number of rotatable bonds is 9. The van der Waals surface area contributed by atoms with Gasteiger partial charge in [-0.25, -0.2) is 0 Å². The van der Waals surface area contributed by atoms with Crippen molar-refractivity contribution in [3.05, 3.63) is 30.1 Å². The second-order valence-corrected chi connectivity index (χ2v) is 4.41. The summed E-state index contributed by atoms with van der Waals surface area (Å²) in [5.74, 6) is 0.145. The summed E-state index contributed by atoms with van der Waals surface area (Å²) in [6.07, 6.45) is 9.28. The molecule has 0 saturated heterocycles. The maximum absolute atomic E-state index is 11.5. The first-order valence-corrected chi connectivity index (χ1v) is 6.68. The Morgan fingerprint density at radius 2 is 2.11 bits per heavy atom. The molecule has 0 aliphatic rings. The summed E-state index contributed by atoms with van der Waals surface area (Å²) in [4.78, 5) is 15.6. The maximum Gasteiger partial charge on any atom is 0.220 e. The highest BCUT2D eigenvalue weighted by Crippen LogP contribution is 2.02. The van der Waals surface area contributed by atoms with Crippen LogP contribution in [0, 0.1) is 0 Å². The third-order valence-electron chi connectivity index (χ3n) is 2.82. The minimum absolute atomic E-state index is 0.145. The molecular formula is C14H23N3O. The Morgan fingerprint density at radius 1 is 1.28 bits per heavy atom. The molecule has 0 aromatic carbocycles. The molecule has 1 rings (SSSR count). The summed E-state index contributed by atoms with van der Waals surface area (Å²) < 4.78 is 0. The first-order valence-electron chi connectivity index (χ1n) is 6.68. The third-order valence-corrected chi connectivity index (χ3v) is 2.82. The standard InChI is InChI=1S/C14H23N3O/c15-9-4-2-1-3-7-14(18)17-11-8-13-6-5-10-16-12-13/h5-6,10,12H,1-4,7-9,11,15H2,(H,17,18). The smallest absolute Gasteiger partial charge is 0.220 e. The van der Waals surface area contributed by atoms with Gasteiger partial charge in [-0.2, -0.15) is 0 Å². The Balaban J connectivity index is 2.00. The molecule has 0 bridgehead atoms. The number of pyridine rings is 1. The normalized spacial score (nSPS) is 10.3. The zero-order chi connectivity index (χ0) is 13.1. The van der Waals surface area contributed by atoms with Gasteiger partial charge in [0, 0.05) is 25.4 Å². The molecule has 1 heterocycles. The Bertz CT molecular complexity index is 327. The molecule has 0 aliphatic heterocycles. The number of nitrogens with zero attached hydrogens (tertiary/aromatic N) is 1. The van der Waals surface area contributed by atoms with E-state index in [1.165, 1.54) is 0 Å². The number of hydrogen-bond donors (Lipinski definition) is 2. The first-order chi connectivity index (χ1) is 8.83. The summed E-state index contributed by atoms with van der Waals surface area (Å²) in [5, 5.41) is 2.93. The van der Waals surface area contributed by atoms with Crippen molar-refractivity contribution in [1.82, 2.24) is 10.3 Å². The molecule has 0 saturated carbocycles. The molecule has 100 valence electrons. The Labute approximate surface area is 109 Å². The summed E-state index contributed by atoms with van der Waals surface area (Å²) >= 11 is 0. The topological polar surface area (TPSA) is 68.0 Å². The van der Waals surface area contributed by atoms with E-state index in [9.17, 15) is 4.79 Å². The van der Waals surface area contributed by atoms with Crippen molar-refractivity contribution < 1.29 is 4.79 Å². The first kappa shape index (κ1) is 14.6. The number of hydrogen-bond acceptors (Lipinski definition) is 3. The molecule has 4 heteroatoms. The summed E-state index contributed by atoms with van der Waals surface area (Å²) in [7, 11) is 0. The third kappa shape index (κ3) is 7.01. The number of carbonyl (C=O) groups is 1. The van der Waals surface area contributed by atoms with Crippen molar-refractivity contribution >= 4 is 5.91 Å². The molecule has 0 aliphatic carbocycles. The van der Waals surface area contributed by atoms with Crippen LogP contribution in [0.1, 0.15) is 37.7 Å². The summed E-state index contributed by atoms with van der Waals surface area (Å²) in [5.41, 5.74) is 6.56. The zero-order valence-electron chi connectivity index (χ0n) is 10.9. The van der Waals surface area contributed by atoms with Gasteiger partial charge in [0.05, 0.1) is 0 Å². The van der Waals surface area contributed by atoms with Gasteiger partial charge in [-0.1, -0.05) is 18.9 Å². The highest BCUT2D eigenvalue weighted by molar-refractivity contribution is 5.75. The fraction of sp³-hybridized carbons (Fsp3) is 0.571. The predicted molar refractivity (Wildman–Crippen MR) is 73.1 cm³/mol. The zero-order valence-corrected chi connectivity index (χ0v) is 10.9. The molecule has 1 aromatic heterocycles. The van der Waals surface area contributed by atoms with E-state index in [1.54, 1.807) is 6.20 Å². The molecule has 0 unspecified atom stereocenters. The van der Waals surface area contributed by atoms with Gasteiger partial charge >= 0.3 is 0 Å². The second-order valence-electron chi connectivity index (χ2n) is 4.41. The van der Waals surface area contributed by atoms with Gasteiger partial charge in [-0.05, 0) is 37.4 Å². The van der Waals surface area contributed by atoms with Crippen LogP contribution in [0.3, 0.4) is 0 Å². The minimum atomic E-state index is 0.145. The van der Waals surface area contributed by atoms with Gasteiger partial charge < -0.3 is 11.1 Å². The van der Waals surface area contributed by atoms with Crippen molar-refractivity contribution in [3.8, 4) is 0 Å². The average Bonchev–Trinajstić information content (AvgIpc) is 2.40. The van der Waals surface area contributed by atoms with Crippen LogP contribution in [0.2, 0.25) is 0 Å². The van der Waals surface area contributed by atoms with Crippen LogP contribution in [0.4, 0.5) is 0 Å². The Morgan fingerprint density at radius 3 is 2.83 bits per heavy atom. The van der Waals surface area contributed by atoms with Gasteiger partial charge in [0.2, 0.25) is 5.91 Å². The number of nitrogens with two attached hydrogens (primary N) is 1. The molecular weight excluding hydrogens is 226 g/mol. The van der Waals surface area contributed by atoms with Crippen LogP contribution in [-0.4, -0.2) is 24.0 Å². The lowest BCUT2D eigenvalue weighted by Crippen LogP contribution is -2.25. The SMILES string of the molecule is NCCCCCCC(=O)NCCc1cccnc1. The number of aromatic nitrogens is 1. The van der Waals surface area contributed by atoms with Crippen LogP contribution in [0.15, 0.2) is 24.5 Å². The van der Waals surface area contributed by atoms with Gasteiger partial charge in [0.25, 0.3) is 0 Å². The summed E-state index contributed by atoms with van der Waals surface area (Å²) in [6, 6.07) is 3.93. The van der Waals surface area contributed by atoms with Gasteiger partial charge in [0.1, 0.15) is 0 Å². The average molecular weight is 249 g/mol. The van der Waals surface area contributed by atoms with Crippen molar-refractivity contribution in [2.24, 2.45) is 5.73 Å². The van der Waals surface area contributed by atoms with E-state index < -0.39 is 0 Å². The molecule has 1 amide bonds. The summed E-state index contributed by atoms with van der Waals surface area (Å²) in [6.45, 7) is 1.44. The fourth-order valence-electron chi connectivity index (χ4n) is 1.76. The Hall–Kier alpha value is -1.42. The van der Waals surface area contributed by atoms with Crippen LogP contribution in [0.5, 0.6) is 0 Å². The van der Waals surface area contributed by atoms with Crippen molar-refractivity contribution in [2.45, 2.75) is 38.5 Å². The largest absolute Gasteiger partial charge is 0.356 e. The van der Waals surface area contributed by atoms with Crippen LogP contribution in [-0.2, 0) is 11.2 Å². The number of amides is 1. The van der Waals surface area contributed by atoms with Crippen molar-refractivity contribution in [2.75, 3.05) is 13.1 Å². The quantitative estimate of drug-likeness (QED) is 0.654. The van der Waals surface area contributed by atoms with Crippen molar-refractivity contribution in [3.63, 3.8) is 0 Å². The minimum Gasteiger partial charge on any atom is -0.356 e. The van der Waals surface area contributed by atoms with Gasteiger partial charge in [-0.3, -0.25) is 9.78 Å². The van der Waals surface area contributed by atoms with E-state index in [1.807, 2.05) is 18.3 Å². The molecule has 3 N–H and O–H groups in total. The van der Waals surface area contributed by atoms with Crippen LogP contribution in [0.25, 0.3) is 0 Å². The molecule has 4 nitrogen and oxygen atoms in total. The van der Waals surface area contributed by atoms with Crippen molar-refractivity contribution in [1.29, 1.82) is 0 Å². The number of carbonyl (C=O) groups excluding carboxylic acids is 1. The molecule has 18 heavy (non-hydrogen) atoms. The van der Waals surface area contributed by atoms with E-state index in [2.05, 4.69) is 10.3 Å². The monoisotopic (exact) mass is 249 g/mol. The molecule has 0 radical (unpaired) electrons. The highest BCUT2D eigenvalue weighted by Gasteiger charge is 2.00. The lowest BCUT2D eigenvalue weighted by Gasteiger charge is -2.05. The van der Waals surface area contributed by atoms with Crippen LogP contribution >= 0.6 is 0 Å². The molecule has 0 spiro atoms. The fourth-order valence-corrected chi connectivity index (χ4v) is 1.76. The predicted octanol–water partition coefficient (Wildman–Crippen LogP) is 1.65. The highest BCUT2D eigenvalue weighted by atomic mass is 16.1. The molecule has 1 aromatic rings. The Kier molecular flexibility index (Phi) is 7.80. The molecule has 0 fully saturated rings. The van der Waals surface area contributed by atoms with E-state index in [0.717, 1.165) is 44.2 Å². The number of nitrogens with one attached hydrogen (secondary N) is 1. The molecule has 0 atom stereocenters. The second kappa shape index (κ2) is 9.59. The van der Waals surface area contributed by atoms with E-state index in [-0.39, 0.29) is 5.91 Å². The van der Waals surface area contributed by atoms with E-state index >= 15 is 0 Å². The lowest BCUT2D eigenvalue weighted by molar-refractivity contribution is -0.121.